The van der Waals surface area contributed by atoms with E-state index in [2.05, 4.69) is 20.5 Å². The number of aryl methyl sites for hydroxylation is 1. The highest BCUT2D eigenvalue weighted by atomic mass is 16.2. The maximum absolute atomic E-state index is 12.3. The van der Waals surface area contributed by atoms with Gasteiger partial charge in [0.05, 0.1) is 11.9 Å². The zero-order valence-corrected chi connectivity index (χ0v) is 18.2. The minimum atomic E-state index is -0.295. The number of anilines is 3. The van der Waals surface area contributed by atoms with E-state index in [0.29, 0.717) is 12.2 Å². The van der Waals surface area contributed by atoms with Crippen LogP contribution < -0.4 is 15.5 Å². The van der Waals surface area contributed by atoms with Crippen molar-refractivity contribution in [2.45, 2.75) is 34.1 Å². The molecular weight excluding hydrogens is 378 g/mol. The Morgan fingerprint density at radius 3 is 2.50 bits per heavy atom. The second kappa shape index (κ2) is 9.61. The number of pyridine rings is 1. The number of amides is 3. The summed E-state index contributed by atoms with van der Waals surface area (Å²) in [6, 6.07) is 9.29. The van der Waals surface area contributed by atoms with Gasteiger partial charge < -0.3 is 20.4 Å². The Bertz CT molecular complexity index is 895. The maximum Gasteiger partial charge on any atom is 0.323 e. The summed E-state index contributed by atoms with van der Waals surface area (Å²) < 4.78 is 0. The van der Waals surface area contributed by atoms with E-state index in [9.17, 15) is 9.59 Å². The molecule has 1 aliphatic rings. The van der Waals surface area contributed by atoms with Crippen LogP contribution in [-0.2, 0) is 4.79 Å². The molecule has 7 nitrogen and oxygen atoms in total. The standard InChI is InChI=1S/C23H31N5O2/c1-16(2)22(29)28-12-6-11-27(13-14-28)21-10-9-19(15-24-21)25-23(30)26-20-8-5-7-17(3)18(20)4/h5,7-10,15-16H,6,11-14H2,1-4H3,(H2,25,26,30). The van der Waals surface area contributed by atoms with Gasteiger partial charge in [-0.15, -0.1) is 0 Å². The first-order valence-corrected chi connectivity index (χ1v) is 10.5. The molecule has 160 valence electrons. The molecule has 1 saturated heterocycles. The van der Waals surface area contributed by atoms with Crippen molar-refractivity contribution in [2.24, 2.45) is 5.92 Å². The molecule has 1 aliphatic heterocycles. The van der Waals surface area contributed by atoms with Gasteiger partial charge in [0, 0.05) is 37.8 Å². The van der Waals surface area contributed by atoms with Crippen molar-refractivity contribution >= 4 is 29.1 Å². The fourth-order valence-electron chi connectivity index (χ4n) is 3.55. The van der Waals surface area contributed by atoms with Crippen molar-refractivity contribution in [2.75, 3.05) is 41.7 Å². The van der Waals surface area contributed by atoms with Crippen LogP contribution in [0.2, 0.25) is 0 Å². The van der Waals surface area contributed by atoms with Crippen LogP contribution in [0.15, 0.2) is 36.5 Å². The van der Waals surface area contributed by atoms with E-state index in [1.165, 1.54) is 0 Å². The third kappa shape index (κ3) is 5.28. The lowest BCUT2D eigenvalue weighted by molar-refractivity contribution is -0.134. The van der Waals surface area contributed by atoms with Crippen LogP contribution in [0.4, 0.5) is 22.0 Å². The van der Waals surface area contributed by atoms with Gasteiger partial charge in [0.1, 0.15) is 5.82 Å². The van der Waals surface area contributed by atoms with Crippen LogP contribution >= 0.6 is 0 Å². The molecular formula is C23H31N5O2. The van der Waals surface area contributed by atoms with E-state index in [-0.39, 0.29) is 17.9 Å². The zero-order valence-electron chi connectivity index (χ0n) is 18.2. The number of carbonyl (C=O) groups excluding carboxylic acids is 2. The van der Waals surface area contributed by atoms with Crippen molar-refractivity contribution in [1.82, 2.24) is 9.88 Å². The second-order valence-electron chi connectivity index (χ2n) is 8.05. The van der Waals surface area contributed by atoms with Gasteiger partial charge in [0.25, 0.3) is 0 Å². The van der Waals surface area contributed by atoms with Gasteiger partial charge in [-0.25, -0.2) is 9.78 Å². The van der Waals surface area contributed by atoms with Gasteiger partial charge in [0.2, 0.25) is 5.91 Å². The Hall–Kier alpha value is -3.09. The maximum atomic E-state index is 12.3. The highest BCUT2D eigenvalue weighted by molar-refractivity contribution is 6.00. The number of aromatic nitrogens is 1. The van der Waals surface area contributed by atoms with Crippen LogP contribution in [0.5, 0.6) is 0 Å². The van der Waals surface area contributed by atoms with Crippen LogP contribution in [0.1, 0.15) is 31.4 Å². The molecule has 0 unspecified atom stereocenters. The Labute approximate surface area is 178 Å². The minimum Gasteiger partial charge on any atom is -0.355 e. The smallest absolute Gasteiger partial charge is 0.323 e. The summed E-state index contributed by atoms with van der Waals surface area (Å²) in [6.07, 6.45) is 2.58. The van der Waals surface area contributed by atoms with Crippen LogP contribution in [0.25, 0.3) is 0 Å². The molecule has 3 amide bonds. The summed E-state index contributed by atoms with van der Waals surface area (Å²) in [7, 11) is 0. The Morgan fingerprint density at radius 1 is 1.00 bits per heavy atom. The Balaban J connectivity index is 1.57. The third-order valence-corrected chi connectivity index (χ3v) is 5.48. The van der Waals surface area contributed by atoms with Gasteiger partial charge in [0.15, 0.2) is 0 Å². The number of urea groups is 1. The average Bonchev–Trinajstić information content (AvgIpc) is 2.97. The van der Waals surface area contributed by atoms with E-state index >= 15 is 0 Å². The lowest BCUT2D eigenvalue weighted by atomic mass is 10.1. The van der Waals surface area contributed by atoms with E-state index in [1.54, 1.807) is 6.20 Å². The second-order valence-corrected chi connectivity index (χ2v) is 8.05. The quantitative estimate of drug-likeness (QED) is 0.799. The first-order valence-electron chi connectivity index (χ1n) is 10.5. The molecule has 2 heterocycles. The molecule has 0 aliphatic carbocycles. The molecule has 0 bridgehead atoms. The van der Waals surface area contributed by atoms with E-state index < -0.39 is 0 Å². The lowest BCUT2D eigenvalue weighted by Gasteiger charge is -2.24. The topological polar surface area (TPSA) is 77.6 Å². The third-order valence-electron chi connectivity index (χ3n) is 5.48. The molecule has 0 saturated carbocycles. The van der Waals surface area contributed by atoms with Crippen LogP contribution in [-0.4, -0.2) is 48.0 Å². The molecule has 2 aromatic rings. The number of hydrogen-bond acceptors (Lipinski definition) is 4. The molecule has 1 aromatic carbocycles. The summed E-state index contributed by atoms with van der Waals surface area (Å²) in [6.45, 7) is 11.0. The predicted molar refractivity (Wildman–Crippen MR) is 121 cm³/mol. The summed E-state index contributed by atoms with van der Waals surface area (Å²) >= 11 is 0. The minimum absolute atomic E-state index is 0.0229. The first kappa shape index (κ1) is 21.6. The van der Waals surface area contributed by atoms with Crippen molar-refractivity contribution < 1.29 is 9.59 Å². The molecule has 2 N–H and O–H groups in total. The van der Waals surface area contributed by atoms with Gasteiger partial charge in [-0.1, -0.05) is 26.0 Å². The normalized spacial score (nSPS) is 14.4. The molecule has 7 heteroatoms. The monoisotopic (exact) mass is 409 g/mol. The molecule has 1 aromatic heterocycles. The number of benzene rings is 1. The fraction of sp³-hybridized carbons (Fsp3) is 0.435. The highest BCUT2D eigenvalue weighted by Crippen LogP contribution is 2.20. The summed E-state index contributed by atoms with van der Waals surface area (Å²) in [5, 5.41) is 5.71. The van der Waals surface area contributed by atoms with E-state index in [4.69, 9.17) is 0 Å². The number of nitrogens with one attached hydrogen (secondary N) is 2. The molecule has 30 heavy (non-hydrogen) atoms. The molecule has 3 rings (SSSR count). The Morgan fingerprint density at radius 2 is 1.80 bits per heavy atom. The molecule has 0 spiro atoms. The number of nitrogens with zero attached hydrogens (tertiary/aromatic N) is 3. The number of hydrogen-bond donors (Lipinski definition) is 2. The van der Waals surface area contributed by atoms with Gasteiger partial charge in [-0.2, -0.15) is 0 Å². The predicted octanol–water partition coefficient (Wildman–Crippen LogP) is 4.04. The van der Waals surface area contributed by atoms with E-state index in [1.807, 2.05) is 62.9 Å². The molecule has 0 radical (unpaired) electrons. The van der Waals surface area contributed by atoms with E-state index in [0.717, 1.165) is 48.7 Å². The molecule has 0 atom stereocenters. The fourth-order valence-corrected chi connectivity index (χ4v) is 3.55. The highest BCUT2D eigenvalue weighted by Gasteiger charge is 2.21. The van der Waals surface area contributed by atoms with Crippen molar-refractivity contribution in [3.63, 3.8) is 0 Å². The zero-order chi connectivity index (χ0) is 21.7. The molecule has 1 fully saturated rings. The summed E-state index contributed by atoms with van der Waals surface area (Å²) in [4.78, 5) is 33.2. The van der Waals surface area contributed by atoms with Crippen molar-refractivity contribution in [3.8, 4) is 0 Å². The summed E-state index contributed by atoms with van der Waals surface area (Å²) in [5.74, 6) is 1.09. The lowest BCUT2D eigenvalue weighted by Crippen LogP contribution is -2.37. The van der Waals surface area contributed by atoms with Crippen LogP contribution in [0, 0.1) is 19.8 Å². The Kier molecular flexibility index (Phi) is 6.92. The van der Waals surface area contributed by atoms with Gasteiger partial charge in [-0.05, 0) is 49.6 Å². The largest absolute Gasteiger partial charge is 0.355 e. The van der Waals surface area contributed by atoms with Gasteiger partial charge >= 0.3 is 6.03 Å². The van der Waals surface area contributed by atoms with Crippen molar-refractivity contribution in [3.05, 3.63) is 47.7 Å². The first-order chi connectivity index (χ1) is 14.3. The van der Waals surface area contributed by atoms with Crippen LogP contribution in [0.3, 0.4) is 0 Å². The number of rotatable bonds is 4. The van der Waals surface area contributed by atoms with Crippen molar-refractivity contribution in [1.29, 1.82) is 0 Å². The summed E-state index contributed by atoms with van der Waals surface area (Å²) in [5.41, 5.74) is 3.60. The van der Waals surface area contributed by atoms with Gasteiger partial charge in [-0.3, -0.25) is 4.79 Å². The SMILES string of the molecule is Cc1cccc(NC(=O)Nc2ccc(N3CCCN(C(=O)C(C)C)CC3)nc2)c1C. The number of carbonyl (C=O) groups is 2. The average molecular weight is 410 g/mol.